The van der Waals surface area contributed by atoms with Crippen molar-refractivity contribution < 1.29 is 4.79 Å². The SMILES string of the molecule is CC(C)(C)NC(=O)CNc1ncc(Br)cc1Br. The Bertz CT molecular complexity index is 416. The van der Waals surface area contributed by atoms with Gasteiger partial charge in [0.25, 0.3) is 0 Å². The highest BCUT2D eigenvalue weighted by atomic mass is 79.9. The van der Waals surface area contributed by atoms with Gasteiger partial charge in [-0.15, -0.1) is 0 Å². The Morgan fingerprint density at radius 3 is 2.59 bits per heavy atom. The molecular formula is C11H15Br2N3O. The quantitative estimate of drug-likeness (QED) is 0.866. The number of rotatable bonds is 3. The molecule has 94 valence electrons. The summed E-state index contributed by atoms with van der Waals surface area (Å²) in [4.78, 5) is 15.7. The molecule has 0 aromatic carbocycles. The Balaban J connectivity index is 2.53. The van der Waals surface area contributed by atoms with Crippen LogP contribution in [0, 0.1) is 0 Å². The molecule has 0 spiro atoms. The summed E-state index contributed by atoms with van der Waals surface area (Å²) in [5.74, 6) is 0.589. The van der Waals surface area contributed by atoms with Gasteiger partial charge in [0.05, 0.1) is 11.0 Å². The molecule has 4 nitrogen and oxygen atoms in total. The number of aromatic nitrogens is 1. The first-order valence-electron chi connectivity index (χ1n) is 5.14. The second-order valence-corrected chi connectivity index (χ2v) is 6.41. The van der Waals surface area contributed by atoms with Crippen molar-refractivity contribution in [3.8, 4) is 0 Å². The zero-order chi connectivity index (χ0) is 13.1. The molecule has 0 radical (unpaired) electrons. The van der Waals surface area contributed by atoms with Gasteiger partial charge in [-0.3, -0.25) is 4.79 Å². The molecule has 0 atom stereocenters. The number of amides is 1. The van der Waals surface area contributed by atoms with E-state index in [4.69, 9.17) is 0 Å². The smallest absolute Gasteiger partial charge is 0.239 e. The van der Waals surface area contributed by atoms with E-state index in [1.807, 2.05) is 26.8 Å². The van der Waals surface area contributed by atoms with Crippen LogP contribution in [-0.2, 0) is 4.79 Å². The molecule has 6 heteroatoms. The molecule has 1 rings (SSSR count). The summed E-state index contributed by atoms with van der Waals surface area (Å²) in [6.45, 7) is 6.03. The van der Waals surface area contributed by atoms with Crippen LogP contribution in [0.4, 0.5) is 5.82 Å². The topological polar surface area (TPSA) is 54.0 Å². The molecule has 2 N–H and O–H groups in total. The molecule has 0 aliphatic heterocycles. The zero-order valence-corrected chi connectivity index (χ0v) is 13.1. The molecule has 17 heavy (non-hydrogen) atoms. The number of hydrogen-bond donors (Lipinski definition) is 2. The molecule has 1 heterocycles. The number of carbonyl (C=O) groups excluding carboxylic acids is 1. The van der Waals surface area contributed by atoms with Gasteiger partial charge in [-0.1, -0.05) is 0 Å². The molecule has 0 saturated heterocycles. The monoisotopic (exact) mass is 363 g/mol. The van der Waals surface area contributed by atoms with Gasteiger partial charge in [0, 0.05) is 16.2 Å². The zero-order valence-electron chi connectivity index (χ0n) is 9.97. The Hall–Kier alpha value is -0.620. The van der Waals surface area contributed by atoms with Crippen LogP contribution < -0.4 is 10.6 Å². The van der Waals surface area contributed by atoms with E-state index in [2.05, 4.69) is 47.5 Å². The van der Waals surface area contributed by atoms with Crippen LogP contribution in [0.15, 0.2) is 21.2 Å². The molecule has 0 unspecified atom stereocenters. The molecule has 0 aliphatic rings. The Morgan fingerprint density at radius 2 is 2.06 bits per heavy atom. The lowest BCUT2D eigenvalue weighted by molar-refractivity contribution is -0.120. The summed E-state index contributed by atoms with van der Waals surface area (Å²) in [5.41, 5.74) is -0.219. The summed E-state index contributed by atoms with van der Waals surface area (Å²) >= 11 is 6.69. The number of nitrogens with zero attached hydrogens (tertiary/aromatic N) is 1. The predicted octanol–water partition coefficient (Wildman–Crippen LogP) is 2.93. The minimum Gasteiger partial charge on any atom is -0.360 e. The van der Waals surface area contributed by atoms with Gasteiger partial charge in [0.1, 0.15) is 5.82 Å². The lowest BCUT2D eigenvalue weighted by Crippen LogP contribution is -2.43. The van der Waals surface area contributed by atoms with Crippen molar-refractivity contribution in [2.75, 3.05) is 11.9 Å². The van der Waals surface area contributed by atoms with Gasteiger partial charge < -0.3 is 10.6 Å². The first-order chi connectivity index (χ1) is 7.78. The Morgan fingerprint density at radius 1 is 1.41 bits per heavy atom. The van der Waals surface area contributed by atoms with E-state index in [1.54, 1.807) is 6.20 Å². The lowest BCUT2D eigenvalue weighted by atomic mass is 10.1. The summed E-state index contributed by atoms with van der Waals surface area (Å²) in [5, 5.41) is 5.84. The first-order valence-corrected chi connectivity index (χ1v) is 6.72. The number of hydrogen-bond acceptors (Lipinski definition) is 3. The van der Waals surface area contributed by atoms with Gasteiger partial charge in [-0.2, -0.15) is 0 Å². The van der Waals surface area contributed by atoms with Gasteiger partial charge in [-0.05, 0) is 58.7 Å². The standard InChI is InChI=1S/C11H15Br2N3O/c1-11(2,3)16-9(17)6-15-10-8(13)4-7(12)5-14-10/h4-5H,6H2,1-3H3,(H,14,15)(H,16,17). The normalized spacial score (nSPS) is 11.1. The van der Waals surface area contributed by atoms with Gasteiger partial charge in [-0.25, -0.2) is 4.98 Å². The minimum atomic E-state index is -0.219. The molecular weight excluding hydrogens is 350 g/mol. The van der Waals surface area contributed by atoms with Crippen LogP contribution in [0.5, 0.6) is 0 Å². The second kappa shape index (κ2) is 5.82. The fourth-order valence-corrected chi connectivity index (χ4v) is 2.30. The predicted molar refractivity (Wildman–Crippen MR) is 76.0 cm³/mol. The summed E-state index contributed by atoms with van der Waals surface area (Å²) in [6, 6.07) is 1.87. The Kier molecular flexibility index (Phi) is 4.94. The van der Waals surface area contributed by atoms with Gasteiger partial charge >= 0.3 is 0 Å². The number of anilines is 1. The average molecular weight is 365 g/mol. The third kappa shape index (κ3) is 5.50. The van der Waals surface area contributed by atoms with Gasteiger partial charge in [0.15, 0.2) is 0 Å². The lowest BCUT2D eigenvalue weighted by Gasteiger charge is -2.20. The van der Waals surface area contributed by atoms with E-state index in [9.17, 15) is 4.79 Å². The van der Waals surface area contributed by atoms with E-state index < -0.39 is 0 Å². The van der Waals surface area contributed by atoms with Crippen molar-refractivity contribution in [3.63, 3.8) is 0 Å². The molecule has 0 fully saturated rings. The van der Waals surface area contributed by atoms with Crippen LogP contribution in [0.1, 0.15) is 20.8 Å². The van der Waals surface area contributed by atoms with Crippen LogP contribution in [0.25, 0.3) is 0 Å². The average Bonchev–Trinajstić information content (AvgIpc) is 2.13. The maximum atomic E-state index is 11.6. The highest BCUT2D eigenvalue weighted by Gasteiger charge is 2.13. The van der Waals surface area contributed by atoms with Gasteiger partial charge in [0.2, 0.25) is 5.91 Å². The Labute approximate surface area is 118 Å². The van der Waals surface area contributed by atoms with Crippen LogP contribution in [0.2, 0.25) is 0 Å². The van der Waals surface area contributed by atoms with Crippen LogP contribution in [0.3, 0.4) is 0 Å². The molecule has 0 bridgehead atoms. The number of nitrogens with one attached hydrogen (secondary N) is 2. The van der Waals surface area contributed by atoms with E-state index in [0.29, 0.717) is 5.82 Å². The third-order valence-electron chi connectivity index (χ3n) is 1.74. The largest absolute Gasteiger partial charge is 0.360 e. The van der Waals surface area contributed by atoms with Crippen molar-refractivity contribution in [3.05, 3.63) is 21.2 Å². The maximum Gasteiger partial charge on any atom is 0.239 e. The fraction of sp³-hybridized carbons (Fsp3) is 0.455. The fourth-order valence-electron chi connectivity index (χ4n) is 1.17. The summed E-state index contributed by atoms with van der Waals surface area (Å²) in [6.07, 6.45) is 1.68. The minimum absolute atomic E-state index is 0.0610. The third-order valence-corrected chi connectivity index (χ3v) is 2.78. The summed E-state index contributed by atoms with van der Waals surface area (Å²) < 4.78 is 1.70. The van der Waals surface area contributed by atoms with Crippen LogP contribution in [-0.4, -0.2) is 23.0 Å². The molecule has 1 amide bonds. The molecule has 1 aromatic heterocycles. The number of pyridine rings is 1. The molecule has 0 saturated carbocycles. The number of halogens is 2. The van der Waals surface area contributed by atoms with E-state index >= 15 is 0 Å². The second-order valence-electron chi connectivity index (χ2n) is 4.64. The van der Waals surface area contributed by atoms with Crippen LogP contribution >= 0.6 is 31.9 Å². The van der Waals surface area contributed by atoms with Crippen molar-refractivity contribution in [1.29, 1.82) is 0 Å². The van der Waals surface area contributed by atoms with Crippen molar-refractivity contribution in [2.24, 2.45) is 0 Å². The number of carbonyl (C=O) groups is 1. The van der Waals surface area contributed by atoms with E-state index in [1.165, 1.54) is 0 Å². The molecule has 0 aliphatic carbocycles. The van der Waals surface area contributed by atoms with Crippen molar-refractivity contribution in [2.45, 2.75) is 26.3 Å². The molecule has 1 aromatic rings. The summed E-state index contributed by atoms with van der Waals surface area (Å²) in [7, 11) is 0. The van der Waals surface area contributed by atoms with Crippen molar-refractivity contribution >= 4 is 43.6 Å². The first kappa shape index (κ1) is 14.4. The van der Waals surface area contributed by atoms with Crippen molar-refractivity contribution in [1.82, 2.24) is 10.3 Å². The van der Waals surface area contributed by atoms with E-state index in [0.717, 1.165) is 8.95 Å². The highest BCUT2D eigenvalue weighted by molar-refractivity contribution is 9.11. The van der Waals surface area contributed by atoms with E-state index in [-0.39, 0.29) is 18.0 Å². The maximum absolute atomic E-state index is 11.6. The highest BCUT2D eigenvalue weighted by Crippen LogP contribution is 2.23.